The number of rotatable bonds is 9. The second-order valence-electron chi connectivity index (χ2n) is 12.4. The Kier molecular flexibility index (Phi) is 11.6. The second-order valence-corrected chi connectivity index (χ2v) is 19.6. The van der Waals surface area contributed by atoms with Gasteiger partial charge in [0, 0.05) is 61.4 Å². The fourth-order valence-electron chi connectivity index (χ4n) is 5.32. The van der Waals surface area contributed by atoms with Crippen LogP contribution in [0.2, 0.25) is 45.8 Å². The Balaban J connectivity index is 0.000000204. The molecule has 4 aromatic heterocycles. The molecule has 0 unspecified atom stereocenters. The first-order chi connectivity index (χ1) is 23.9. The highest BCUT2D eigenvalue weighted by atomic mass is 35.5. The zero-order valence-electron chi connectivity index (χ0n) is 27.9. The van der Waals surface area contributed by atoms with Crippen molar-refractivity contribution in [2.45, 2.75) is 32.4 Å². The first-order valence-electron chi connectivity index (χ1n) is 15.3. The quantitative estimate of drug-likeness (QED) is 0.115. The van der Waals surface area contributed by atoms with Crippen LogP contribution < -0.4 is 9.47 Å². The summed E-state index contributed by atoms with van der Waals surface area (Å²) in [5, 5.41) is 22.2. The number of hydrogen-bond acceptors (Lipinski definition) is 7. The summed E-state index contributed by atoms with van der Waals surface area (Å²) in [6.45, 7) is 7.97. The van der Waals surface area contributed by atoms with Gasteiger partial charge in [-0.3, -0.25) is 0 Å². The largest absolute Gasteiger partial charge is 0.495 e. The van der Waals surface area contributed by atoms with Crippen LogP contribution in [0.4, 0.5) is 0 Å². The van der Waals surface area contributed by atoms with Gasteiger partial charge in [-0.1, -0.05) is 66.0 Å². The Morgan fingerprint density at radius 2 is 1.32 bits per heavy atom. The minimum absolute atomic E-state index is 0.344. The van der Waals surface area contributed by atoms with Gasteiger partial charge in [0.05, 0.1) is 45.4 Å². The summed E-state index contributed by atoms with van der Waals surface area (Å²) in [6.07, 6.45) is 6.76. The van der Waals surface area contributed by atoms with E-state index in [0.717, 1.165) is 39.1 Å². The van der Waals surface area contributed by atoms with E-state index >= 15 is 0 Å². The van der Waals surface area contributed by atoms with Crippen molar-refractivity contribution in [3.63, 3.8) is 0 Å². The number of pyridine rings is 2. The molecule has 0 radical (unpaired) electrons. The number of ether oxygens (including phenoxy) is 3. The zero-order chi connectivity index (χ0) is 36.2. The number of nitriles is 2. The molecule has 9 nitrogen and oxygen atoms in total. The molecule has 4 heterocycles. The lowest BCUT2D eigenvalue weighted by Gasteiger charge is -2.15. The molecule has 0 atom stereocenters. The van der Waals surface area contributed by atoms with Gasteiger partial charge in [0.25, 0.3) is 0 Å². The standard InChI is InChI=1S/C21H23Cl2N3O2Si.C15H9Cl2N3O/c1-27-19-9-16(17(22)10-18(19)23)15-5-6-25-21-20(15)14(11-24)12-26(21)13-28-7-8-29(2,3)4;1-21-13-4-10(11(16)5-12(13)17)9-2-3-19-15-14(9)8(6-18)7-20-15/h5-6,9-10,12H,7-8,13H2,1-4H3;2-5,7H,1H3,(H,19,20). The molecule has 0 aliphatic heterocycles. The Morgan fingerprint density at radius 1 is 0.760 bits per heavy atom. The van der Waals surface area contributed by atoms with Crippen molar-refractivity contribution in [2.24, 2.45) is 0 Å². The molecule has 0 fully saturated rings. The van der Waals surface area contributed by atoms with E-state index in [2.05, 4.69) is 46.7 Å². The molecule has 0 aliphatic carbocycles. The smallest absolute Gasteiger partial charge is 0.143 e. The Bertz CT molecular complexity index is 2290. The van der Waals surface area contributed by atoms with Gasteiger partial charge in [-0.05, 0) is 53.6 Å². The Morgan fingerprint density at radius 3 is 1.86 bits per heavy atom. The summed E-state index contributed by atoms with van der Waals surface area (Å²) in [7, 11) is 1.93. The molecule has 1 N–H and O–H groups in total. The maximum Gasteiger partial charge on any atom is 0.143 e. The molecular formula is C36H32Cl4N6O3Si. The van der Waals surface area contributed by atoms with Gasteiger partial charge in [0.1, 0.15) is 41.7 Å². The second kappa shape index (κ2) is 15.7. The van der Waals surface area contributed by atoms with Crippen molar-refractivity contribution in [1.82, 2.24) is 19.5 Å². The maximum absolute atomic E-state index is 9.71. The molecular weight excluding hydrogens is 734 g/mol. The fraction of sp³-hybridized carbons (Fsp3) is 0.222. The number of nitrogens with one attached hydrogen (secondary N) is 1. The van der Waals surface area contributed by atoms with Crippen molar-refractivity contribution in [3.05, 3.63) is 92.4 Å². The third-order valence-corrected chi connectivity index (χ3v) is 10.8. The number of nitrogens with zero attached hydrogens (tertiary/aromatic N) is 5. The average Bonchev–Trinajstić information content (AvgIpc) is 3.68. The van der Waals surface area contributed by atoms with Crippen LogP contribution in [0.3, 0.4) is 0 Å². The number of aromatic amines is 1. The van der Waals surface area contributed by atoms with E-state index in [1.807, 2.05) is 16.7 Å². The van der Waals surface area contributed by atoms with Crippen LogP contribution in [-0.2, 0) is 11.5 Å². The predicted octanol–water partition coefficient (Wildman–Crippen LogP) is 10.6. The summed E-state index contributed by atoms with van der Waals surface area (Å²) in [6, 6.07) is 16.0. The van der Waals surface area contributed by atoms with Crippen LogP contribution in [0.15, 0.2) is 61.2 Å². The molecule has 0 saturated heterocycles. The van der Waals surface area contributed by atoms with Gasteiger partial charge in [0.15, 0.2) is 0 Å². The van der Waals surface area contributed by atoms with E-state index in [4.69, 9.17) is 60.6 Å². The highest BCUT2D eigenvalue weighted by Crippen LogP contribution is 2.41. The molecule has 0 aliphatic rings. The van der Waals surface area contributed by atoms with Gasteiger partial charge >= 0.3 is 0 Å². The fourth-order valence-corrected chi connectivity index (χ4v) is 7.20. The zero-order valence-corrected chi connectivity index (χ0v) is 31.9. The summed E-state index contributed by atoms with van der Waals surface area (Å²) in [5.41, 5.74) is 5.41. The molecule has 0 saturated carbocycles. The lowest BCUT2D eigenvalue weighted by molar-refractivity contribution is 0.0898. The van der Waals surface area contributed by atoms with E-state index in [-0.39, 0.29) is 0 Å². The lowest BCUT2D eigenvalue weighted by Crippen LogP contribution is -2.22. The van der Waals surface area contributed by atoms with Crippen LogP contribution in [-0.4, -0.2) is 48.4 Å². The molecule has 256 valence electrons. The average molecular weight is 767 g/mol. The molecule has 0 amide bonds. The molecule has 50 heavy (non-hydrogen) atoms. The number of hydrogen-bond donors (Lipinski definition) is 1. The molecule has 2 aromatic carbocycles. The van der Waals surface area contributed by atoms with Crippen LogP contribution in [0.25, 0.3) is 44.3 Å². The van der Waals surface area contributed by atoms with Crippen LogP contribution >= 0.6 is 46.4 Å². The van der Waals surface area contributed by atoms with Crippen molar-refractivity contribution >= 4 is 76.5 Å². The summed E-state index contributed by atoms with van der Waals surface area (Å²) < 4.78 is 18.3. The van der Waals surface area contributed by atoms with Crippen LogP contribution in [0.1, 0.15) is 11.1 Å². The van der Waals surface area contributed by atoms with Gasteiger partial charge in [-0.15, -0.1) is 0 Å². The third kappa shape index (κ3) is 7.87. The molecule has 6 aromatic rings. The first-order valence-corrected chi connectivity index (χ1v) is 20.5. The van der Waals surface area contributed by atoms with Gasteiger partial charge in [-0.2, -0.15) is 10.5 Å². The number of halogens is 4. The van der Waals surface area contributed by atoms with E-state index in [9.17, 15) is 10.5 Å². The number of benzene rings is 2. The van der Waals surface area contributed by atoms with Gasteiger partial charge < -0.3 is 23.8 Å². The van der Waals surface area contributed by atoms with Crippen molar-refractivity contribution < 1.29 is 14.2 Å². The molecule has 0 bridgehead atoms. The minimum Gasteiger partial charge on any atom is -0.495 e. The number of methoxy groups -OCH3 is 2. The van der Waals surface area contributed by atoms with Crippen molar-refractivity contribution in [1.29, 1.82) is 10.5 Å². The van der Waals surface area contributed by atoms with E-state index in [1.165, 1.54) is 7.11 Å². The SMILES string of the molecule is COc1cc(-c2ccnc3[nH]cc(C#N)c23)c(Cl)cc1Cl.COc1cc(-c2ccnc3c2c(C#N)cn3COCC[Si](C)(C)C)c(Cl)cc1Cl. The van der Waals surface area contributed by atoms with E-state index < -0.39 is 8.07 Å². The van der Waals surface area contributed by atoms with Crippen LogP contribution in [0.5, 0.6) is 11.5 Å². The maximum atomic E-state index is 9.71. The molecule has 6 rings (SSSR count). The van der Waals surface area contributed by atoms with Crippen molar-refractivity contribution in [3.8, 4) is 45.9 Å². The topological polar surface area (TPSA) is 122 Å². The predicted molar refractivity (Wildman–Crippen MR) is 203 cm³/mol. The lowest BCUT2D eigenvalue weighted by atomic mass is 10.0. The Hall–Kier alpha value is -4.26. The number of fused-ring (bicyclic) bond motifs is 2. The Labute approximate surface area is 310 Å². The number of H-pyrrole nitrogens is 1. The molecule has 14 heteroatoms. The van der Waals surface area contributed by atoms with E-state index in [0.29, 0.717) is 67.3 Å². The van der Waals surface area contributed by atoms with E-state index in [1.54, 1.807) is 56.2 Å². The highest BCUT2D eigenvalue weighted by Gasteiger charge is 2.19. The van der Waals surface area contributed by atoms with Crippen LogP contribution in [0, 0.1) is 22.7 Å². The molecule has 0 spiro atoms. The van der Waals surface area contributed by atoms with Gasteiger partial charge in [0.2, 0.25) is 0 Å². The highest BCUT2D eigenvalue weighted by molar-refractivity contribution is 6.76. The summed E-state index contributed by atoms with van der Waals surface area (Å²) >= 11 is 25.0. The normalized spacial score (nSPS) is 11.2. The monoisotopic (exact) mass is 764 g/mol. The first kappa shape index (κ1) is 37.0. The van der Waals surface area contributed by atoms with Gasteiger partial charge in [-0.25, -0.2) is 9.97 Å². The minimum atomic E-state index is -1.16. The summed E-state index contributed by atoms with van der Waals surface area (Å²) in [4.78, 5) is 11.7. The number of aromatic nitrogens is 4. The summed E-state index contributed by atoms with van der Waals surface area (Å²) in [5.74, 6) is 1.04. The third-order valence-electron chi connectivity index (χ3n) is 7.86. The van der Waals surface area contributed by atoms with Crippen molar-refractivity contribution in [2.75, 3.05) is 20.8 Å².